The lowest BCUT2D eigenvalue weighted by atomic mass is 10.2. The zero-order valence-electron chi connectivity index (χ0n) is 17.8. The van der Waals surface area contributed by atoms with Crippen molar-refractivity contribution in [2.24, 2.45) is 7.05 Å². The smallest absolute Gasteiger partial charge is 0.291 e. The summed E-state index contributed by atoms with van der Waals surface area (Å²) in [5.41, 5.74) is 1.21. The number of hydrogen-bond acceptors (Lipinski definition) is 5. The minimum Gasteiger partial charge on any atom is -0.355 e. The van der Waals surface area contributed by atoms with E-state index < -0.39 is 0 Å². The number of carbonyl (C=O) groups excluding carboxylic acids is 1. The van der Waals surface area contributed by atoms with Gasteiger partial charge >= 0.3 is 0 Å². The molecule has 4 rings (SSSR count). The molecule has 1 aromatic carbocycles. The fourth-order valence-electron chi connectivity index (χ4n) is 4.26. The van der Waals surface area contributed by atoms with Crippen molar-refractivity contribution in [3.05, 3.63) is 40.8 Å². The molecule has 160 valence electrons. The standard InChI is InChI=1S/C22H30N6O2/c1-3-26-11-13-27(14-12-26)10-6-9-23-20(29)16-28-19-8-5-4-7-17(19)18-15-24-25(2)22(30)21(18)28/h4-5,7-8,15H,3,6,9-14,16H2,1-2H3,(H,23,29). The van der Waals surface area contributed by atoms with Gasteiger partial charge in [0, 0.05) is 56.1 Å². The first kappa shape index (κ1) is 20.6. The van der Waals surface area contributed by atoms with Crippen molar-refractivity contribution in [1.29, 1.82) is 0 Å². The molecule has 0 unspecified atom stereocenters. The number of benzene rings is 1. The van der Waals surface area contributed by atoms with Crippen LogP contribution in [0.2, 0.25) is 0 Å². The van der Waals surface area contributed by atoms with Gasteiger partial charge in [-0.15, -0.1) is 0 Å². The summed E-state index contributed by atoms with van der Waals surface area (Å²) in [5.74, 6) is -0.0766. The SMILES string of the molecule is CCN1CCN(CCCNC(=O)Cn2c3ccccc3c3cnn(C)c(=O)c32)CC1. The fraction of sp³-hybridized carbons (Fsp3) is 0.500. The molecule has 0 spiro atoms. The molecule has 2 aromatic heterocycles. The number of likely N-dealkylation sites (N-methyl/N-ethyl adjacent to an activating group) is 1. The highest BCUT2D eigenvalue weighted by Gasteiger charge is 2.17. The largest absolute Gasteiger partial charge is 0.355 e. The maximum Gasteiger partial charge on any atom is 0.291 e. The molecule has 3 aromatic rings. The number of rotatable bonds is 7. The second-order valence-corrected chi connectivity index (χ2v) is 7.92. The molecule has 1 aliphatic heterocycles. The molecular formula is C22H30N6O2. The van der Waals surface area contributed by atoms with E-state index in [2.05, 4.69) is 27.1 Å². The lowest BCUT2D eigenvalue weighted by Gasteiger charge is -2.33. The summed E-state index contributed by atoms with van der Waals surface area (Å²) in [6, 6.07) is 7.76. The van der Waals surface area contributed by atoms with Crippen molar-refractivity contribution < 1.29 is 4.79 Å². The van der Waals surface area contributed by atoms with Crippen molar-refractivity contribution >= 4 is 27.7 Å². The quantitative estimate of drug-likeness (QED) is 0.589. The number of piperazine rings is 1. The van der Waals surface area contributed by atoms with Crippen LogP contribution in [0.1, 0.15) is 13.3 Å². The van der Waals surface area contributed by atoms with Crippen LogP contribution in [-0.4, -0.2) is 75.9 Å². The normalized spacial score (nSPS) is 15.8. The van der Waals surface area contributed by atoms with E-state index in [1.807, 2.05) is 28.8 Å². The second-order valence-electron chi connectivity index (χ2n) is 7.92. The van der Waals surface area contributed by atoms with Crippen LogP contribution in [0.25, 0.3) is 21.8 Å². The van der Waals surface area contributed by atoms with Crippen LogP contribution in [0.3, 0.4) is 0 Å². The number of fused-ring (bicyclic) bond motifs is 3. The van der Waals surface area contributed by atoms with Gasteiger partial charge in [0.15, 0.2) is 0 Å². The number of nitrogens with one attached hydrogen (secondary N) is 1. The summed E-state index contributed by atoms with van der Waals surface area (Å²) in [4.78, 5) is 30.3. The van der Waals surface area contributed by atoms with Gasteiger partial charge in [-0.1, -0.05) is 25.1 Å². The Hall–Kier alpha value is -2.71. The minimum absolute atomic E-state index is 0.0766. The molecule has 0 aliphatic carbocycles. The first-order valence-electron chi connectivity index (χ1n) is 10.7. The van der Waals surface area contributed by atoms with Gasteiger partial charge < -0.3 is 19.7 Å². The predicted molar refractivity (Wildman–Crippen MR) is 119 cm³/mol. The molecule has 30 heavy (non-hydrogen) atoms. The Balaban J connectivity index is 1.40. The second kappa shape index (κ2) is 8.97. The summed E-state index contributed by atoms with van der Waals surface area (Å²) in [6.07, 6.45) is 2.63. The topological polar surface area (TPSA) is 75.4 Å². The number of carbonyl (C=O) groups is 1. The monoisotopic (exact) mass is 410 g/mol. The highest BCUT2D eigenvalue weighted by Crippen LogP contribution is 2.25. The molecule has 0 saturated carbocycles. The van der Waals surface area contributed by atoms with Gasteiger partial charge in [0.25, 0.3) is 5.56 Å². The maximum atomic E-state index is 12.7. The molecule has 1 N–H and O–H groups in total. The van der Waals surface area contributed by atoms with Gasteiger partial charge in [0.2, 0.25) is 5.91 Å². The Bertz CT molecular complexity index is 1090. The van der Waals surface area contributed by atoms with E-state index in [0.717, 1.165) is 62.0 Å². The summed E-state index contributed by atoms with van der Waals surface area (Å²) in [5, 5.41) is 8.90. The van der Waals surface area contributed by atoms with E-state index in [1.165, 1.54) is 4.68 Å². The minimum atomic E-state index is -0.192. The number of aromatic nitrogens is 3. The summed E-state index contributed by atoms with van der Waals surface area (Å²) < 4.78 is 3.13. The van der Waals surface area contributed by atoms with Gasteiger partial charge in [-0.3, -0.25) is 9.59 Å². The predicted octanol–water partition coefficient (Wildman–Crippen LogP) is 1.03. The van der Waals surface area contributed by atoms with Crippen molar-refractivity contribution in [2.75, 3.05) is 45.8 Å². The molecule has 1 aliphatic rings. The first-order chi connectivity index (χ1) is 14.6. The van der Waals surface area contributed by atoms with Crippen LogP contribution >= 0.6 is 0 Å². The highest BCUT2D eigenvalue weighted by atomic mass is 16.2. The number of amides is 1. The summed E-state index contributed by atoms with van der Waals surface area (Å²) in [7, 11) is 1.63. The van der Waals surface area contributed by atoms with Crippen LogP contribution in [-0.2, 0) is 18.4 Å². The zero-order chi connectivity index (χ0) is 21.1. The van der Waals surface area contributed by atoms with E-state index in [1.54, 1.807) is 13.2 Å². The Morgan fingerprint density at radius 2 is 1.83 bits per heavy atom. The number of para-hydroxylation sites is 1. The third-order valence-electron chi connectivity index (χ3n) is 6.05. The third-order valence-corrected chi connectivity index (χ3v) is 6.05. The van der Waals surface area contributed by atoms with Gasteiger partial charge in [0.05, 0.1) is 6.20 Å². The van der Waals surface area contributed by atoms with E-state index in [9.17, 15) is 9.59 Å². The van der Waals surface area contributed by atoms with Crippen molar-refractivity contribution in [3.63, 3.8) is 0 Å². The van der Waals surface area contributed by atoms with Crippen LogP contribution in [0.5, 0.6) is 0 Å². The summed E-state index contributed by atoms with van der Waals surface area (Å²) in [6.45, 7) is 9.53. The first-order valence-corrected chi connectivity index (χ1v) is 10.7. The number of aryl methyl sites for hydroxylation is 1. The Morgan fingerprint density at radius 3 is 2.60 bits per heavy atom. The lowest BCUT2D eigenvalue weighted by Crippen LogP contribution is -2.46. The molecule has 8 heteroatoms. The van der Waals surface area contributed by atoms with E-state index >= 15 is 0 Å². The highest BCUT2D eigenvalue weighted by molar-refractivity contribution is 6.07. The molecule has 1 fully saturated rings. The van der Waals surface area contributed by atoms with Crippen molar-refractivity contribution in [3.8, 4) is 0 Å². The fourth-order valence-corrected chi connectivity index (χ4v) is 4.26. The van der Waals surface area contributed by atoms with Crippen molar-refractivity contribution in [2.45, 2.75) is 19.9 Å². The maximum absolute atomic E-state index is 12.7. The van der Waals surface area contributed by atoms with Crippen LogP contribution in [0.15, 0.2) is 35.3 Å². The summed E-state index contributed by atoms with van der Waals surface area (Å²) >= 11 is 0. The molecule has 1 saturated heterocycles. The zero-order valence-corrected chi connectivity index (χ0v) is 17.8. The lowest BCUT2D eigenvalue weighted by molar-refractivity contribution is -0.121. The number of hydrogen-bond donors (Lipinski definition) is 1. The number of nitrogens with zero attached hydrogens (tertiary/aromatic N) is 5. The Morgan fingerprint density at radius 1 is 1.10 bits per heavy atom. The van der Waals surface area contributed by atoms with E-state index in [0.29, 0.717) is 12.1 Å². The third kappa shape index (κ3) is 4.11. The van der Waals surface area contributed by atoms with Crippen LogP contribution < -0.4 is 10.9 Å². The molecule has 0 atom stereocenters. The van der Waals surface area contributed by atoms with Gasteiger partial charge in [-0.05, 0) is 25.6 Å². The van der Waals surface area contributed by atoms with Gasteiger partial charge in [-0.25, -0.2) is 4.68 Å². The van der Waals surface area contributed by atoms with Crippen LogP contribution in [0.4, 0.5) is 0 Å². The Kier molecular flexibility index (Phi) is 6.15. The average Bonchev–Trinajstić information content (AvgIpc) is 3.08. The molecular weight excluding hydrogens is 380 g/mol. The van der Waals surface area contributed by atoms with Gasteiger partial charge in [0.1, 0.15) is 12.1 Å². The van der Waals surface area contributed by atoms with Crippen LogP contribution in [0, 0.1) is 0 Å². The van der Waals surface area contributed by atoms with E-state index in [4.69, 9.17) is 0 Å². The van der Waals surface area contributed by atoms with Crippen molar-refractivity contribution in [1.82, 2.24) is 29.5 Å². The van der Waals surface area contributed by atoms with Gasteiger partial charge in [-0.2, -0.15) is 5.10 Å². The average molecular weight is 411 g/mol. The molecule has 1 amide bonds. The molecule has 0 radical (unpaired) electrons. The molecule has 8 nitrogen and oxygen atoms in total. The molecule has 3 heterocycles. The van der Waals surface area contributed by atoms with E-state index in [-0.39, 0.29) is 18.0 Å². The molecule has 0 bridgehead atoms. The Labute approximate surface area is 176 Å².